The van der Waals surface area contributed by atoms with E-state index < -0.39 is 75.7 Å². The van der Waals surface area contributed by atoms with Crippen LogP contribution in [-0.2, 0) is 32.7 Å². The van der Waals surface area contributed by atoms with E-state index in [4.69, 9.17) is 18.5 Å². The number of carbonyl (C=O) groups is 2. The van der Waals surface area contributed by atoms with Crippen molar-refractivity contribution in [2.75, 3.05) is 13.2 Å². The Bertz CT molecular complexity index is 1110. The third-order valence-corrected chi connectivity index (χ3v) is 10.5. The zero-order valence-corrected chi connectivity index (χ0v) is 34.4. The number of phosphoric acid groups is 1. The average Bonchev–Trinajstić information content (AvgIpc) is 3.16. The summed E-state index contributed by atoms with van der Waals surface area (Å²) in [5, 5.41) is 50.0. The van der Waals surface area contributed by atoms with Crippen molar-refractivity contribution in [3.8, 4) is 0 Å². The summed E-state index contributed by atoms with van der Waals surface area (Å²) in [4.78, 5) is 35.5. The molecule has 1 fully saturated rings. The van der Waals surface area contributed by atoms with Crippen LogP contribution in [0.5, 0.6) is 0 Å². The normalized spacial score (nSPS) is 23.4. The summed E-state index contributed by atoms with van der Waals surface area (Å²) < 4.78 is 33.3. The molecule has 1 saturated carbocycles. The number of ether oxygens (including phenoxy) is 2. The van der Waals surface area contributed by atoms with Crippen LogP contribution in [0, 0.1) is 0 Å². The van der Waals surface area contributed by atoms with Gasteiger partial charge in [-0.2, -0.15) is 0 Å². The molecule has 1 aliphatic carbocycles. The van der Waals surface area contributed by atoms with Gasteiger partial charge in [-0.1, -0.05) is 127 Å². The van der Waals surface area contributed by atoms with Gasteiger partial charge in [-0.25, -0.2) is 4.57 Å². The van der Waals surface area contributed by atoms with Crippen molar-refractivity contribution in [2.24, 2.45) is 0 Å². The summed E-state index contributed by atoms with van der Waals surface area (Å²) >= 11 is 0. The largest absolute Gasteiger partial charge is 0.472 e. The number of aliphatic hydroxyl groups excluding tert-OH is 5. The minimum atomic E-state index is -5.12. The minimum absolute atomic E-state index is 0.0901. The molecule has 0 radical (unpaired) electrons. The Morgan fingerprint density at radius 2 is 0.982 bits per heavy atom. The standard InChI is InChI=1S/C41H73O13P/c1-3-5-7-9-11-13-15-16-17-18-20-21-23-25-27-29-34(42)51-31-33(53-35(43)30-28-26-24-22-19-14-12-10-8-6-4-2)32-52-55(49,50)54-41-39(47)37(45)36(44)38(46)40(41)48/h11,13,16-17,20-21,33,36-41,44-48H,3-10,12,14-15,18-19,22-32H2,1-2H3,(H,49,50)/b13-11-,17-16-,21-20-/t33-,36?,37-,38?,39?,40?,41?/m1/s1. The molecule has 6 N–H and O–H groups in total. The van der Waals surface area contributed by atoms with E-state index >= 15 is 0 Å². The van der Waals surface area contributed by atoms with E-state index in [9.17, 15) is 44.6 Å². The molecule has 14 heteroatoms. The van der Waals surface area contributed by atoms with Crippen molar-refractivity contribution in [2.45, 2.75) is 198 Å². The predicted molar refractivity (Wildman–Crippen MR) is 212 cm³/mol. The molecule has 6 unspecified atom stereocenters. The quantitative estimate of drug-likeness (QED) is 0.0170. The fourth-order valence-corrected chi connectivity index (χ4v) is 7.03. The van der Waals surface area contributed by atoms with Crippen molar-refractivity contribution < 1.29 is 63.1 Å². The Labute approximate surface area is 329 Å². The Hall–Kier alpha value is -1.93. The van der Waals surface area contributed by atoms with Gasteiger partial charge in [0.25, 0.3) is 0 Å². The highest BCUT2D eigenvalue weighted by molar-refractivity contribution is 7.47. The van der Waals surface area contributed by atoms with Crippen LogP contribution in [0.25, 0.3) is 0 Å². The highest BCUT2D eigenvalue weighted by atomic mass is 31.2. The lowest BCUT2D eigenvalue weighted by Gasteiger charge is -2.41. The molecular weight excluding hydrogens is 731 g/mol. The maximum absolute atomic E-state index is 12.8. The lowest BCUT2D eigenvalue weighted by molar-refractivity contribution is -0.220. The van der Waals surface area contributed by atoms with E-state index in [1.54, 1.807) is 0 Å². The van der Waals surface area contributed by atoms with Gasteiger partial charge in [-0.3, -0.25) is 18.6 Å². The van der Waals surface area contributed by atoms with Gasteiger partial charge in [-0.15, -0.1) is 0 Å². The second kappa shape index (κ2) is 32.1. The van der Waals surface area contributed by atoms with Crippen LogP contribution in [0.2, 0.25) is 0 Å². The highest BCUT2D eigenvalue weighted by Crippen LogP contribution is 2.47. The zero-order valence-electron chi connectivity index (χ0n) is 33.5. The van der Waals surface area contributed by atoms with Crippen LogP contribution in [0.3, 0.4) is 0 Å². The van der Waals surface area contributed by atoms with Crippen molar-refractivity contribution >= 4 is 19.8 Å². The van der Waals surface area contributed by atoms with Gasteiger partial charge >= 0.3 is 19.8 Å². The molecule has 0 amide bonds. The van der Waals surface area contributed by atoms with E-state index in [1.165, 1.54) is 57.8 Å². The Kier molecular flexibility index (Phi) is 29.8. The van der Waals surface area contributed by atoms with Gasteiger partial charge in [0.05, 0.1) is 6.61 Å². The van der Waals surface area contributed by atoms with Gasteiger partial charge in [-0.05, 0) is 51.4 Å². The first kappa shape index (κ1) is 51.1. The van der Waals surface area contributed by atoms with E-state index in [2.05, 4.69) is 50.3 Å². The van der Waals surface area contributed by atoms with Crippen LogP contribution in [0.15, 0.2) is 36.5 Å². The molecule has 0 aromatic rings. The van der Waals surface area contributed by atoms with Crippen molar-refractivity contribution in [3.63, 3.8) is 0 Å². The molecule has 0 aromatic heterocycles. The average molecular weight is 805 g/mol. The maximum atomic E-state index is 12.8. The lowest BCUT2D eigenvalue weighted by atomic mass is 9.85. The molecule has 55 heavy (non-hydrogen) atoms. The minimum Gasteiger partial charge on any atom is -0.462 e. The third-order valence-electron chi connectivity index (χ3n) is 9.48. The summed E-state index contributed by atoms with van der Waals surface area (Å²) in [6, 6.07) is 0. The van der Waals surface area contributed by atoms with E-state index in [0.29, 0.717) is 12.8 Å². The van der Waals surface area contributed by atoms with Gasteiger partial charge < -0.3 is 39.9 Å². The number of unbranched alkanes of at least 4 members (excludes halogenated alkanes) is 15. The molecule has 0 aromatic carbocycles. The van der Waals surface area contributed by atoms with Crippen LogP contribution >= 0.6 is 7.82 Å². The summed E-state index contributed by atoms with van der Waals surface area (Å²) in [5.74, 6) is -1.15. The second-order valence-corrected chi connectivity index (χ2v) is 15.9. The van der Waals surface area contributed by atoms with Crippen LogP contribution < -0.4 is 0 Å². The number of esters is 2. The van der Waals surface area contributed by atoms with E-state index in [0.717, 1.165) is 57.8 Å². The number of phosphoric ester groups is 1. The topological polar surface area (TPSA) is 210 Å². The van der Waals surface area contributed by atoms with E-state index in [-0.39, 0.29) is 12.8 Å². The van der Waals surface area contributed by atoms with Crippen molar-refractivity contribution in [1.29, 1.82) is 0 Å². The summed E-state index contributed by atoms with van der Waals surface area (Å²) in [6.07, 6.45) is 20.7. The molecule has 0 spiro atoms. The molecule has 0 aliphatic heterocycles. The molecule has 320 valence electrons. The number of allylic oxidation sites excluding steroid dienone is 6. The number of hydrogen-bond donors (Lipinski definition) is 6. The molecule has 0 heterocycles. The summed E-state index contributed by atoms with van der Waals surface area (Å²) in [5.41, 5.74) is 0. The van der Waals surface area contributed by atoms with Gasteiger partial charge in [0.15, 0.2) is 6.10 Å². The van der Waals surface area contributed by atoms with Gasteiger partial charge in [0, 0.05) is 12.8 Å². The number of carbonyl (C=O) groups excluding carboxylic acids is 2. The van der Waals surface area contributed by atoms with Crippen molar-refractivity contribution in [3.05, 3.63) is 36.5 Å². The Morgan fingerprint density at radius 3 is 1.53 bits per heavy atom. The molecule has 1 rings (SSSR count). The monoisotopic (exact) mass is 804 g/mol. The second-order valence-electron chi connectivity index (χ2n) is 14.5. The highest BCUT2D eigenvalue weighted by Gasteiger charge is 2.51. The van der Waals surface area contributed by atoms with Crippen LogP contribution in [0.4, 0.5) is 0 Å². The molecular formula is C41H73O13P. The van der Waals surface area contributed by atoms with Gasteiger partial charge in [0.1, 0.15) is 43.2 Å². The van der Waals surface area contributed by atoms with E-state index in [1.807, 2.05) is 0 Å². The smallest absolute Gasteiger partial charge is 0.462 e. The summed E-state index contributed by atoms with van der Waals surface area (Å²) in [6.45, 7) is 3.20. The van der Waals surface area contributed by atoms with Crippen molar-refractivity contribution in [1.82, 2.24) is 0 Å². The first-order valence-electron chi connectivity index (χ1n) is 20.8. The molecule has 1 aliphatic rings. The molecule has 0 saturated heterocycles. The first-order chi connectivity index (χ1) is 26.4. The van der Waals surface area contributed by atoms with Crippen LogP contribution in [-0.4, -0.2) is 98.3 Å². The Morgan fingerprint density at radius 1 is 0.564 bits per heavy atom. The maximum Gasteiger partial charge on any atom is 0.472 e. The zero-order chi connectivity index (χ0) is 40.7. The van der Waals surface area contributed by atoms with Gasteiger partial charge in [0.2, 0.25) is 0 Å². The molecule has 0 bridgehead atoms. The number of hydrogen-bond acceptors (Lipinski definition) is 12. The molecule has 8 atom stereocenters. The number of rotatable bonds is 33. The van der Waals surface area contributed by atoms with Crippen LogP contribution in [0.1, 0.15) is 155 Å². The Balaban J connectivity index is 2.54. The first-order valence-corrected chi connectivity index (χ1v) is 22.3. The molecule has 13 nitrogen and oxygen atoms in total. The predicted octanol–water partition coefficient (Wildman–Crippen LogP) is 7.05. The number of aliphatic hydroxyl groups is 5. The fraction of sp³-hybridized carbons (Fsp3) is 0.805. The fourth-order valence-electron chi connectivity index (χ4n) is 6.06. The third kappa shape index (κ3) is 25.1. The summed E-state index contributed by atoms with van der Waals surface area (Å²) in [7, 11) is -5.12. The lowest BCUT2D eigenvalue weighted by Crippen LogP contribution is -2.64. The SMILES string of the molecule is CCCCC/C=C\C/C=C\C/C=C\CCCCC(=O)OC[C@H](COP(=O)(O)OC1C(O)C(O)C(O)[C@@H](O)C1O)OC(=O)CCCCCCCCCCCCC.